The second-order valence-corrected chi connectivity index (χ2v) is 8.39. The summed E-state index contributed by atoms with van der Waals surface area (Å²) in [5.74, 6) is -0.360. The molecule has 2 aromatic carbocycles. The molecule has 0 spiro atoms. The topological polar surface area (TPSA) is 77.1 Å². The number of ether oxygens (including phenoxy) is 3. The molecule has 1 heterocycles. The summed E-state index contributed by atoms with van der Waals surface area (Å²) in [6.45, 7) is 8.74. The Bertz CT molecular complexity index is 884. The molecule has 1 fully saturated rings. The molecule has 0 radical (unpaired) electrons. The van der Waals surface area contributed by atoms with Crippen molar-refractivity contribution in [3.05, 3.63) is 54.1 Å². The van der Waals surface area contributed by atoms with Gasteiger partial charge in [-0.15, -0.1) is 0 Å². The number of morpholine rings is 1. The molecule has 0 atom stereocenters. The van der Waals surface area contributed by atoms with E-state index in [4.69, 9.17) is 14.2 Å². The number of carbonyl (C=O) groups excluding carboxylic acids is 2. The largest absolute Gasteiger partial charge is 0.482 e. The van der Waals surface area contributed by atoms with Crippen LogP contribution < -0.4 is 15.0 Å². The lowest BCUT2D eigenvalue weighted by molar-refractivity contribution is -0.149. The molecule has 1 aliphatic heterocycles. The van der Waals surface area contributed by atoms with Crippen molar-refractivity contribution in [3.8, 4) is 5.75 Å². The fourth-order valence-electron chi connectivity index (χ4n) is 3.31. The summed E-state index contributed by atoms with van der Waals surface area (Å²) in [4.78, 5) is 26.3. The van der Waals surface area contributed by atoms with Gasteiger partial charge < -0.3 is 24.4 Å². The van der Waals surface area contributed by atoms with Crippen LogP contribution >= 0.6 is 0 Å². The summed E-state index contributed by atoms with van der Waals surface area (Å²) in [6, 6.07) is 15.1. The maximum Gasteiger partial charge on any atom is 0.344 e. The van der Waals surface area contributed by atoms with Gasteiger partial charge in [-0.2, -0.15) is 0 Å². The predicted octanol–water partition coefficient (Wildman–Crippen LogP) is 3.38. The Balaban J connectivity index is 1.43. The van der Waals surface area contributed by atoms with E-state index in [9.17, 15) is 9.59 Å². The lowest BCUT2D eigenvalue weighted by atomic mass is 9.86. The van der Waals surface area contributed by atoms with E-state index in [0.717, 1.165) is 37.6 Å². The summed E-state index contributed by atoms with van der Waals surface area (Å²) >= 11 is 0. The fourth-order valence-corrected chi connectivity index (χ4v) is 3.31. The zero-order valence-electron chi connectivity index (χ0n) is 18.3. The standard InChI is InChI=1S/C24H30N2O5/c1-24(2,3)20-6-4-5-7-21(20)30-17-23(28)31-16-22(27)25-18-8-10-19(11-9-18)26-12-14-29-15-13-26/h4-11H,12-17H2,1-3H3,(H,25,27). The van der Waals surface area contributed by atoms with Crippen LogP contribution in [0.3, 0.4) is 0 Å². The Kier molecular flexibility index (Phi) is 7.52. The molecule has 0 saturated carbocycles. The number of esters is 1. The highest BCUT2D eigenvalue weighted by Gasteiger charge is 2.19. The first kappa shape index (κ1) is 22.6. The molecule has 3 rings (SSSR count). The number of hydrogen-bond donors (Lipinski definition) is 1. The van der Waals surface area contributed by atoms with Crippen molar-refractivity contribution in [1.29, 1.82) is 0 Å². The van der Waals surface area contributed by atoms with Crippen molar-refractivity contribution >= 4 is 23.3 Å². The molecule has 0 bridgehead atoms. The Morgan fingerprint density at radius 3 is 2.35 bits per heavy atom. The molecule has 2 aromatic rings. The minimum absolute atomic E-state index is 0.113. The number of amides is 1. The molecule has 1 saturated heterocycles. The maximum atomic E-state index is 12.1. The van der Waals surface area contributed by atoms with Crippen LogP contribution in [-0.2, 0) is 24.5 Å². The Morgan fingerprint density at radius 1 is 1.00 bits per heavy atom. The van der Waals surface area contributed by atoms with Crippen LogP contribution in [0.4, 0.5) is 11.4 Å². The monoisotopic (exact) mass is 426 g/mol. The smallest absolute Gasteiger partial charge is 0.344 e. The average Bonchev–Trinajstić information content (AvgIpc) is 2.77. The first-order valence-corrected chi connectivity index (χ1v) is 10.4. The van der Waals surface area contributed by atoms with Crippen molar-refractivity contribution in [1.82, 2.24) is 0 Å². The lowest BCUT2D eigenvalue weighted by Crippen LogP contribution is -2.36. The number of para-hydroxylation sites is 1. The van der Waals surface area contributed by atoms with Crippen LogP contribution in [0.15, 0.2) is 48.5 Å². The quantitative estimate of drug-likeness (QED) is 0.684. The van der Waals surface area contributed by atoms with Crippen LogP contribution in [0.1, 0.15) is 26.3 Å². The van der Waals surface area contributed by atoms with E-state index in [-0.39, 0.29) is 18.6 Å². The summed E-state index contributed by atoms with van der Waals surface area (Å²) in [6.07, 6.45) is 0. The number of carbonyl (C=O) groups is 2. The lowest BCUT2D eigenvalue weighted by Gasteiger charge is -2.28. The van der Waals surface area contributed by atoms with Gasteiger partial charge in [-0.05, 0) is 41.3 Å². The van der Waals surface area contributed by atoms with Gasteiger partial charge in [0.2, 0.25) is 0 Å². The average molecular weight is 427 g/mol. The van der Waals surface area contributed by atoms with E-state index < -0.39 is 11.9 Å². The zero-order valence-corrected chi connectivity index (χ0v) is 18.3. The molecule has 0 unspecified atom stereocenters. The molecule has 0 aliphatic carbocycles. The first-order chi connectivity index (χ1) is 14.8. The second kappa shape index (κ2) is 10.3. The summed E-state index contributed by atoms with van der Waals surface area (Å²) < 4.78 is 16.0. The van der Waals surface area contributed by atoms with E-state index in [1.54, 1.807) is 0 Å². The van der Waals surface area contributed by atoms with E-state index >= 15 is 0 Å². The molecule has 1 amide bonds. The molecular weight excluding hydrogens is 396 g/mol. The highest BCUT2D eigenvalue weighted by molar-refractivity contribution is 5.93. The number of nitrogens with zero attached hydrogens (tertiary/aromatic N) is 1. The Hall–Kier alpha value is -3.06. The summed E-state index contributed by atoms with van der Waals surface area (Å²) in [7, 11) is 0. The number of anilines is 2. The van der Waals surface area contributed by atoms with Gasteiger partial charge in [0.25, 0.3) is 5.91 Å². The van der Waals surface area contributed by atoms with Crippen molar-refractivity contribution < 1.29 is 23.8 Å². The van der Waals surface area contributed by atoms with Crippen LogP contribution in [0.5, 0.6) is 5.75 Å². The van der Waals surface area contributed by atoms with E-state index in [0.29, 0.717) is 11.4 Å². The number of rotatable bonds is 7. The molecule has 31 heavy (non-hydrogen) atoms. The van der Waals surface area contributed by atoms with Crippen LogP contribution in [0.25, 0.3) is 0 Å². The van der Waals surface area contributed by atoms with E-state index in [1.807, 2.05) is 48.5 Å². The maximum absolute atomic E-state index is 12.1. The van der Waals surface area contributed by atoms with Gasteiger partial charge in [-0.3, -0.25) is 4.79 Å². The minimum Gasteiger partial charge on any atom is -0.482 e. The van der Waals surface area contributed by atoms with Gasteiger partial charge in [-0.1, -0.05) is 39.0 Å². The molecule has 7 heteroatoms. The third-order valence-electron chi connectivity index (χ3n) is 4.93. The van der Waals surface area contributed by atoms with Crippen molar-refractivity contribution in [2.24, 2.45) is 0 Å². The highest BCUT2D eigenvalue weighted by Crippen LogP contribution is 2.30. The van der Waals surface area contributed by atoms with Gasteiger partial charge in [0.15, 0.2) is 13.2 Å². The first-order valence-electron chi connectivity index (χ1n) is 10.4. The normalized spacial score (nSPS) is 14.1. The third kappa shape index (κ3) is 6.72. The van der Waals surface area contributed by atoms with Crippen molar-refractivity contribution in [2.75, 3.05) is 49.7 Å². The van der Waals surface area contributed by atoms with Crippen LogP contribution in [-0.4, -0.2) is 51.4 Å². The number of nitrogens with one attached hydrogen (secondary N) is 1. The third-order valence-corrected chi connectivity index (χ3v) is 4.93. The van der Waals surface area contributed by atoms with Crippen LogP contribution in [0.2, 0.25) is 0 Å². The molecule has 7 nitrogen and oxygen atoms in total. The Labute approximate surface area is 183 Å². The number of hydrogen-bond acceptors (Lipinski definition) is 6. The van der Waals surface area contributed by atoms with Gasteiger partial charge in [-0.25, -0.2) is 4.79 Å². The summed E-state index contributed by atoms with van der Waals surface area (Å²) in [5.41, 5.74) is 2.62. The van der Waals surface area contributed by atoms with E-state index in [2.05, 4.69) is 31.0 Å². The Morgan fingerprint density at radius 2 is 1.68 bits per heavy atom. The van der Waals surface area contributed by atoms with E-state index in [1.165, 1.54) is 0 Å². The molecular formula is C24H30N2O5. The highest BCUT2D eigenvalue weighted by atomic mass is 16.6. The SMILES string of the molecule is CC(C)(C)c1ccccc1OCC(=O)OCC(=O)Nc1ccc(N2CCOCC2)cc1. The van der Waals surface area contributed by atoms with Crippen LogP contribution in [0, 0.1) is 0 Å². The number of benzene rings is 2. The van der Waals surface area contributed by atoms with Crippen molar-refractivity contribution in [3.63, 3.8) is 0 Å². The predicted molar refractivity (Wildman–Crippen MR) is 120 cm³/mol. The fraction of sp³-hybridized carbons (Fsp3) is 0.417. The molecule has 166 valence electrons. The summed E-state index contributed by atoms with van der Waals surface area (Å²) in [5, 5.41) is 2.73. The molecule has 1 N–H and O–H groups in total. The zero-order chi connectivity index (χ0) is 22.3. The van der Waals surface area contributed by atoms with Gasteiger partial charge in [0, 0.05) is 24.5 Å². The molecule has 0 aromatic heterocycles. The minimum atomic E-state index is -0.596. The van der Waals surface area contributed by atoms with Gasteiger partial charge >= 0.3 is 5.97 Å². The van der Waals surface area contributed by atoms with Gasteiger partial charge in [0.1, 0.15) is 5.75 Å². The van der Waals surface area contributed by atoms with Gasteiger partial charge in [0.05, 0.1) is 13.2 Å². The van der Waals surface area contributed by atoms with Crippen molar-refractivity contribution in [2.45, 2.75) is 26.2 Å². The second-order valence-electron chi connectivity index (χ2n) is 8.39. The molecule has 1 aliphatic rings.